The Morgan fingerprint density at radius 3 is 2.42 bits per heavy atom. The van der Waals surface area contributed by atoms with Crippen molar-refractivity contribution in [2.75, 3.05) is 19.6 Å². The predicted octanol–water partition coefficient (Wildman–Crippen LogP) is 2.88. The molecule has 0 atom stereocenters. The number of rotatable bonds is 5. The van der Waals surface area contributed by atoms with Gasteiger partial charge in [-0.1, -0.05) is 19.9 Å². The quantitative estimate of drug-likeness (QED) is 0.838. The molecular weight excluding hydrogens is 369 g/mol. The van der Waals surface area contributed by atoms with Crippen molar-refractivity contribution in [3.8, 4) is 0 Å². The molecule has 26 heavy (non-hydrogen) atoms. The minimum Gasteiger partial charge on any atom is -0.356 e. The van der Waals surface area contributed by atoms with Gasteiger partial charge < -0.3 is 5.32 Å². The summed E-state index contributed by atoms with van der Waals surface area (Å²) in [5.74, 6) is -0.0585. The van der Waals surface area contributed by atoms with Crippen LogP contribution in [0.25, 0.3) is 0 Å². The van der Waals surface area contributed by atoms with E-state index in [1.54, 1.807) is 0 Å². The number of benzene rings is 1. The normalized spacial score (nSPS) is 17.5. The zero-order chi connectivity index (χ0) is 19.5. The fourth-order valence-corrected chi connectivity index (χ4v) is 4.31. The molecule has 1 heterocycles. The van der Waals surface area contributed by atoms with Gasteiger partial charge in [0.25, 0.3) is 0 Å². The number of alkyl halides is 3. The Balaban J connectivity index is 2.05. The summed E-state index contributed by atoms with van der Waals surface area (Å²) in [5.41, 5.74) is -0.999. The van der Waals surface area contributed by atoms with Crippen LogP contribution < -0.4 is 5.32 Å². The summed E-state index contributed by atoms with van der Waals surface area (Å²) < 4.78 is 64.8. The standard InChI is InChI=1S/C17H23F3N2O3S/c1-12(2)11-21-16(23)13-6-8-22(9-7-13)26(24,25)15-5-3-4-14(10-15)17(18,19)20/h3-5,10,12-13H,6-9,11H2,1-2H3,(H,21,23). The van der Waals surface area contributed by atoms with E-state index < -0.39 is 21.8 Å². The van der Waals surface area contributed by atoms with E-state index in [2.05, 4.69) is 5.32 Å². The highest BCUT2D eigenvalue weighted by molar-refractivity contribution is 7.89. The summed E-state index contributed by atoms with van der Waals surface area (Å²) in [4.78, 5) is 11.7. The molecule has 1 aliphatic rings. The van der Waals surface area contributed by atoms with Gasteiger partial charge in [-0.3, -0.25) is 4.79 Å². The first kappa shape index (κ1) is 20.7. The zero-order valence-corrected chi connectivity index (χ0v) is 15.5. The van der Waals surface area contributed by atoms with Crippen LogP contribution in [0.4, 0.5) is 13.2 Å². The maximum Gasteiger partial charge on any atom is 0.416 e. The van der Waals surface area contributed by atoms with E-state index in [-0.39, 0.29) is 29.8 Å². The van der Waals surface area contributed by atoms with Crippen LogP contribution in [0.5, 0.6) is 0 Å². The number of nitrogens with one attached hydrogen (secondary N) is 1. The average Bonchev–Trinajstić information content (AvgIpc) is 2.59. The molecule has 146 valence electrons. The molecule has 0 bridgehead atoms. The molecule has 0 aromatic heterocycles. The number of sulfonamides is 1. The molecule has 1 aromatic carbocycles. The van der Waals surface area contributed by atoms with E-state index in [0.29, 0.717) is 31.4 Å². The topological polar surface area (TPSA) is 66.5 Å². The van der Waals surface area contributed by atoms with Gasteiger partial charge in [-0.05, 0) is 37.0 Å². The second-order valence-corrected chi connectivity index (χ2v) is 8.78. The molecule has 1 fully saturated rings. The summed E-state index contributed by atoms with van der Waals surface area (Å²) >= 11 is 0. The third-order valence-electron chi connectivity index (χ3n) is 4.31. The molecule has 0 spiro atoms. The molecule has 0 aliphatic carbocycles. The number of halogens is 3. The first-order chi connectivity index (χ1) is 12.0. The van der Waals surface area contributed by atoms with E-state index in [0.717, 1.165) is 22.5 Å². The van der Waals surface area contributed by atoms with Crippen molar-refractivity contribution in [1.82, 2.24) is 9.62 Å². The fourth-order valence-electron chi connectivity index (χ4n) is 2.79. The van der Waals surface area contributed by atoms with Gasteiger partial charge >= 0.3 is 6.18 Å². The summed E-state index contributed by atoms with van der Waals surface area (Å²) in [6.07, 6.45) is -3.91. The van der Waals surface area contributed by atoms with Gasteiger partial charge in [0, 0.05) is 25.6 Å². The molecule has 2 rings (SSSR count). The van der Waals surface area contributed by atoms with Gasteiger partial charge in [-0.2, -0.15) is 17.5 Å². The van der Waals surface area contributed by atoms with Crippen LogP contribution in [0.1, 0.15) is 32.3 Å². The lowest BCUT2D eigenvalue weighted by atomic mass is 9.97. The number of piperidine rings is 1. The largest absolute Gasteiger partial charge is 0.416 e. The number of hydrogen-bond donors (Lipinski definition) is 1. The van der Waals surface area contributed by atoms with Gasteiger partial charge in [-0.25, -0.2) is 8.42 Å². The maximum atomic E-state index is 12.8. The van der Waals surface area contributed by atoms with Crippen molar-refractivity contribution < 1.29 is 26.4 Å². The summed E-state index contributed by atoms with van der Waals surface area (Å²) in [6.45, 7) is 4.73. The lowest BCUT2D eigenvalue weighted by Crippen LogP contribution is -2.43. The highest BCUT2D eigenvalue weighted by Crippen LogP contribution is 2.32. The Labute approximate surface area is 151 Å². The molecule has 5 nitrogen and oxygen atoms in total. The average molecular weight is 392 g/mol. The third kappa shape index (κ3) is 4.97. The van der Waals surface area contributed by atoms with E-state index in [1.165, 1.54) is 0 Å². The Morgan fingerprint density at radius 2 is 1.88 bits per heavy atom. The molecule has 0 saturated carbocycles. The molecule has 9 heteroatoms. The molecule has 0 unspecified atom stereocenters. The molecule has 1 aliphatic heterocycles. The molecule has 0 radical (unpaired) electrons. The predicted molar refractivity (Wildman–Crippen MR) is 90.8 cm³/mol. The van der Waals surface area contributed by atoms with Crippen molar-refractivity contribution in [2.45, 2.75) is 37.8 Å². The van der Waals surface area contributed by atoms with Crippen LogP contribution in [0.2, 0.25) is 0 Å². The van der Waals surface area contributed by atoms with Crippen LogP contribution in [-0.4, -0.2) is 38.3 Å². The number of amides is 1. The maximum absolute atomic E-state index is 12.8. The first-order valence-electron chi connectivity index (χ1n) is 8.47. The van der Waals surface area contributed by atoms with Gasteiger partial charge in [0.15, 0.2) is 0 Å². The van der Waals surface area contributed by atoms with E-state index in [9.17, 15) is 26.4 Å². The number of nitrogens with zero attached hydrogens (tertiary/aromatic N) is 1. The van der Waals surface area contributed by atoms with E-state index in [4.69, 9.17) is 0 Å². The molecule has 1 N–H and O–H groups in total. The highest BCUT2D eigenvalue weighted by atomic mass is 32.2. The van der Waals surface area contributed by atoms with Crippen LogP contribution in [0, 0.1) is 11.8 Å². The molecule has 1 amide bonds. The minimum absolute atomic E-state index is 0.102. The Hall–Kier alpha value is -1.61. The highest BCUT2D eigenvalue weighted by Gasteiger charge is 2.35. The second-order valence-electron chi connectivity index (χ2n) is 6.84. The minimum atomic E-state index is -4.60. The van der Waals surface area contributed by atoms with Crippen molar-refractivity contribution >= 4 is 15.9 Å². The Bertz CT molecular complexity index is 740. The molecule has 1 saturated heterocycles. The van der Waals surface area contributed by atoms with Gasteiger partial charge in [0.1, 0.15) is 0 Å². The van der Waals surface area contributed by atoms with Crippen LogP contribution >= 0.6 is 0 Å². The summed E-state index contributed by atoms with van der Waals surface area (Å²) in [6, 6.07) is 3.73. The SMILES string of the molecule is CC(C)CNC(=O)C1CCN(S(=O)(=O)c2cccc(C(F)(F)F)c2)CC1. The monoisotopic (exact) mass is 392 g/mol. The van der Waals surface area contributed by atoms with Crippen LogP contribution in [0.3, 0.4) is 0 Å². The van der Waals surface area contributed by atoms with Crippen LogP contribution in [-0.2, 0) is 21.0 Å². The van der Waals surface area contributed by atoms with Crippen molar-refractivity contribution in [3.63, 3.8) is 0 Å². The van der Waals surface area contributed by atoms with Gasteiger partial charge in [-0.15, -0.1) is 0 Å². The number of carbonyl (C=O) groups is 1. The van der Waals surface area contributed by atoms with Gasteiger partial charge in [0.05, 0.1) is 10.5 Å². The van der Waals surface area contributed by atoms with Crippen LogP contribution in [0.15, 0.2) is 29.2 Å². The zero-order valence-electron chi connectivity index (χ0n) is 14.7. The van der Waals surface area contributed by atoms with Gasteiger partial charge in [0.2, 0.25) is 15.9 Å². The Morgan fingerprint density at radius 1 is 1.27 bits per heavy atom. The molecule has 1 aromatic rings. The van der Waals surface area contributed by atoms with E-state index in [1.807, 2.05) is 13.8 Å². The Kier molecular flexibility index (Phi) is 6.33. The summed E-state index contributed by atoms with van der Waals surface area (Å²) in [5, 5.41) is 2.83. The third-order valence-corrected chi connectivity index (χ3v) is 6.20. The van der Waals surface area contributed by atoms with Crippen molar-refractivity contribution in [3.05, 3.63) is 29.8 Å². The summed E-state index contributed by atoms with van der Waals surface area (Å²) in [7, 11) is -4.02. The lowest BCUT2D eigenvalue weighted by Gasteiger charge is -2.30. The number of hydrogen-bond acceptors (Lipinski definition) is 3. The van der Waals surface area contributed by atoms with Crippen molar-refractivity contribution in [1.29, 1.82) is 0 Å². The second kappa shape index (κ2) is 7.96. The first-order valence-corrected chi connectivity index (χ1v) is 9.91. The van der Waals surface area contributed by atoms with E-state index >= 15 is 0 Å². The lowest BCUT2D eigenvalue weighted by molar-refractivity contribution is -0.137. The fraction of sp³-hybridized carbons (Fsp3) is 0.588. The van der Waals surface area contributed by atoms with Crippen molar-refractivity contribution in [2.24, 2.45) is 11.8 Å². The smallest absolute Gasteiger partial charge is 0.356 e. The molecular formula is C17H23F3N2O3S. The number of carbonyl (C=O) groups excluding carboxylic acids is 1.